The Labute approximate surface area is 113 Å². The van der Waals surface area contributed by atoms with Crippen molar-refractivity contribution in [3.8, 4) is 5.75 Å². The van der Waals surface area contributed by atoms with Crippen molar-refractivity contribution in [2.45, 2.75) is 32.2 Å². The van der Waals surface area contributed by atoms with E-state index in [-0.39, 0.29) is 17.7 Å². The first-order valence-corrected chi connectivity index (χ1v) is 6.37. The minimum atomic E-state index is -0.405. The molecule has 5 heteroatoms. The van der Waals surface area contributed by atoms with Crippen LogP contribution in [0.5, 0.6) is 5.75 Å². The summed E-state index contributed by atoms with van der Waals surface area (Å²) in [5.41, 5.74) is 6.36. The van der Waals surface area contributed by atoms with Gasteiger partial charge in [0.05, 0.1) is 7.11 Å². The van der Waals surface area contributed by atoms with Gasteiger partial charge in [0.15, 0.2) is 11.6 Å². The third-order valence-corrected chi connectivity index (χ3v) is 2.78. The summed E-state index contributed by atoms with van der Waals surface area (Å²) in [5, 5.41) is 2.78. The van der Waals surface area contributed by atoms with Crippen molar-refractivity contribution in [1.29, 1.82) is 0 Å². The van der Waals surface area contributed by atoms with E-state index in [0.29, 0.717) is 19.4 Å². The summed E-state index contributed by atoms with van der Waals surface area (Å²) in [5.74, 6) is -0.237. The van der Waals surface area contributed by atoms with E-state index in [1.807, 2.05) is 6.92 Å². The number of nitrogens with two attached hydrogens (primary N) is 1. The first-order chi connectivity index (χ1) is 9.02. The van der Waals surface area contributed by atoms with Crippen molar-refractivity contribution in [1.82, 2.24) is 5.32 Å². The molecule has 1 aromatic rings. The summed E-state index contributed by atoms with van der Waals surface area (Å²) >= 11 is 0. The van der Waals surface area contributed by atoms with E-state index in [1.54, 1.807) is 12.1 Å². The van der Waals surface area contributed by atoms with Crippen molar-refractivity contribution < 1.29 is 13.9 Å². The zero-order chi connectivity index (χ0) is 14.3. The quantitative estimate of drug-likeness (QED) is 0.790. The lowest BCUT2D eigenvalue weighted by Gasteiger charge is -2.08. The van der Waals surface area contributed by atoms with E-state index in [2.05, 4.69) is 5.32 Å². The smallest absolute Gasteiger partial charge is 0.220 e. The number of amides is 1. The van der Waals surface area contributed by atoms with Crippen LogP contribution in [-0.4, -0.2) is 25.6 Å². The van der Waals surface area contributed by atoms with Gasteiger partial charge < -0.3 is 15.8 Å². The lowest BCUT2D eigenvalue weighted by atomic mass is 10.1. The highest BCUT2D eigenvalue weighted by Crippen LogP contribution is 2.18. The third-order valence-electron chi connectivity index (χ3n) is 2.78. The molecule has 0 bridgehead atoms. The number of rotatable bonds is 7. The highest BCUT2D eigenvalue weighted by atomic mass is 19.1. The average Bonchev–Trinajstić information content (AvgIpc) is 2.36. The molecular formula is C14H21FN2O2. The Hall–Kier alpha value is -1.62. The van der Waals surface area contributed by atoms with Gasteiger partial charge in [0.1, 0.15) is 0 Å². The van der Waals surface area contributed by atoms with E-state index < -0.39 is 5.82 Å². The Morgan fingerprint density at radius 3 is 2.84 bits per heavy atom. The molecule has 0 saturated carbocycles. The average molecular weight is 268 g/mol. The molecule has 19 heavy (non-hydrogen) atoms. The number of aryl methyl sites for hydroxylation is 1. The number of nitrogens with one attached hydrogen (secondary N) is 1. The summed E-state index contributed by atoms with van der Waals surface area (Å²) in [6, 6.07) is 4.81. The molecule has 1 amide bonds. The molecule has 0 radical (unpaired) electrons. The summed E-state index contributed by atoms with van der Waals surface area (Å²) in [6.45, 7) is 2.47. The molecule has 1 atom stereocenters. The monoisotopic (exact) mass is 268 g/mol. The van der Waals surface area contributed by atoms with E-state index in [1.165, 1.54) is 13.2 Å². The van der Waals surface area contributed by atoms with Crippen LogP contribution >= 0.6 is 0 Å². The van der Waals surface area contributed by atoms with Crippen LogP contribution in [0.25, 0.3) is 0 Å². The number of hydrogen-bond donors (Lipinski definition) is 2. The molecule has 106 valence electrons. The van der Waals surface area contributed by atoms with Crippen LogP contribution in [0.4, 0.5) is 4.39 Å². The highest BCUT2D eigenvalue weighted by Gasteiger charge is 2.06. The molecule has 0 saturated heterocycles. The van der Waals surface area contributed by atoms with Gasteiger partial charge in [-0.1, -0.05) is 6.07 Å². The van der Waals surface area contributed by atoms with E-state index >= 15 is 0 Å². The van der Waals surface area contributed by atoms with Crippen LogP contribution < -0.4 is 15.8 Å². The second kappa shape index (κ2) is 7.74. The van der Waals surface area contributed by atoms with E-state index in [9.17, 15) is 9.18 Å². The van der Waals surface area contributed by atoms with E-state index in [4.69, 9.17) is 10.5 Å². The number of hydrogen-bond acceptors (Lipinski definition) is 3. The lowest BCUT2D eigenvalue weighted by Crippen LogP contribution is -2.29. The van der Waals surface area contributed by atoms with Crippen molar-refractivity contribution in [2.24, 2.45) is 5.73 Å². The Morgan fingerprint density at radius 1 is 1.53 bits per heavy atom. The second-order valence-electron chi connectivity index (χ2n) is 4.58. The van der Waals surface area contributed by atoms with Crippen LogP contribution in [0.3, 0.4) is 0 Å². The van der Waals surface area contributed by atoms with Crippen LogP contribution in [0.2, 0.25) is 0 Å². The first kappa shape index (κ1) is 15.4. The summed E-state index contributed by atoms with van der Waals surface area (Å²) in [7, 11) is 1.42. The molecule has 0 aliphatic carbocycles. The summed E-state index contributed by atoms with van der Waals surface area (Å²) < 4.78 is 18.3. The highest BCUT2D eigenvalue weighted by molar-refractivity contribution is 5.76. The van der Waals surface area contributed by atoms with Gasteiger partial charge >= 0.3 is 0 Å². The normalized spacial score (nSPS) is 12.0. The number of halogens is 1. The van der Waals surface area contributed by atoms with Gasteiger partial charge in [0.25, 0.3) is 0 Å². The predicted molar refractivity (Wildman–Crippen MR) is 72.5 cm³/mol. The molecule has 0 aliphatic rings. The SMILES string of the molecule is COc1ccc(CCC(=O)NCCC(C)N)cc1F. The Balaban J connectivity index is 2.36. The minimum Gasteiger partial charge on any atom is -0.494 e. The summed E-state index contributed by atoms with van der Waals surface area (Å²) in [6.07, 6.45) is 1.60. The molecule has 0 fully saturated rings. The fourth-order valence-electron chi connectivity index (χ4n) is 1.65. The first-order valence-electron chi connectivity index (χ1n) is 6.37. The molecule has 0 aromatic heterocycles. The van der Waals surface area contributed by atoms with Crippen molar-refractivity contribution in [3.05, 3.63) is 29.6 Å². The zero-order valence-electron chi connectivity index (χ0n) is 11.4. The van der Waals surface area contributed by atoms with Crippen molar-refractivity contribution in [2.75, 3.05) is 13.7 Å². The van der Waals surface area contributed by atoms with Crippen LogP contribution in [0, 0.1) is 5.82 Å². The standard InChI is InChI=1S/C14H21FN2O2/c1-10(16)7-8-17-14(18)6-4-11-3-5-13(19-2)12(15)9-11/h3,5,9-10H,4,6-8,16H2,1-2H3,(H,17,18). The van der Waals surface area contributed by atoms with Gasteiger partial charge in [-0.25, -0.2) is 4.39 Å². The lowest BCUT2D eigenvalue weighted by molar-refractivity contribution is -0.121. The molecule has 0 spiro atoms. The maximum Gasteiger partial charge on any atom is 0.220 e. The largest absolute Gasteiger partial charge is 0.494 e. The maximum atomic E-state index is 13.4. The number of methoxy groups -OCH3 is 1. The molecule has 1 aromatic carbocycles. The van der Waals surface area contributed by atoms with Gasteiger partial charge in [-0.2, -0.15) is 0 Å². The van der Waals surface area contributed by atoms with Crippen LogP contribution in [0.1, 0.15) is 25.3 Å². The van der Waals surface area contributed by atoms with Gasteiger partial charge in [0.2, 0.25) is 5.91 Å². The second-order valence-corrected chi connectivity index (χ2v) is 4.58. The Kier molecular flexibility index (Phi) is 6.29. The number of carbonyl (C=O) groups is 1. The molecule has 1 unspecified atom stereocenters. The minimum absolute atomic E-state index is 0.0446. The topological polar surface area (TPSA) is 64.3 Å². The van der Waals surface area contributed by atoms with Crippen LogP contribution in [0.15, 0.2) is 18.2 Å². The third kappa shape index (κ3) is 5.70. The molecule has 3 N–H and O–H groups in total. The van der Waals surface area contributed by atoms with Gasteiger partial charge in [0, 0.05) is 19.0 Å². The summed E-state index contributed by atoms with van der Waals surface area (Å²) in [4.78, 5) is 11.5. The van der Waals surface area contributed by atoms with Gasteiger partial charge in [-0.15, -0.1) is 0 Å². The number of benzene rings is 1. The van der Waals surface area contributed by atoms with Crippen LogP contribution in [-0.2, 0) is 11.2 Å². The number of carbonyl (C=O) groups excluding carboxylic acids is 1. The Bertz CT molecular complexity index is 422. The zero-order valence-corrected chi connectivity index (χ0v) is 11.4. The molecule has 0 heterocycles. The van der Waals surface area contributed by atoms with Gasteiger partial charge in [-0.05, 0) is 37.5 Å². The van der Waals surface area contributed by atoms with Gasteiger partial charge in [-0.3, -0.25) is 4.79 Å². The maximum absolute atomic E-state index is 13.4. The fraction of sp³-hybridized carbons (Fsp3) is 0.500. The molecule has 4 nitrogen and oxygen atoms in total. The predicted octanol–water partition coefficient (Wildman–Crippen LogP) is 1.62. The molecular weight excluding hydrogens is 247 g/mol. The number of ether oxygens (including phenoxy) is 1. The molecule has 1 rings (SSSR count). The van der Waals surface area contributed by atoms with Crippen molar-refractivity contribution >= 4 is 5.91 Å². The molecule has 0 aliphatic heterocycles. The fourth-order valence-corrected chi connectivity index (χ4v) is 1.65. The van der Waals surface area contributed by atoms with E-state index in [0.717, 1.165) is 12.0 Å². The Morgan fingerprint density at radius 2 is 2.26 bits per heavy atom. The van der Waals surface area contributed by atoms with Crippen molar-refractivity contribution in [3.63, 3.8) is 0 Å².